The molecule has 0 saturated heterocycles. The van der Waals surface area contributed by atoms with Crippen molar-refractivity contribution in [3.8, 4) is 11.3 Å². The zero-order valence-corrected chi connectivity index (χ0v) is 8.81. The van der Waals surface area contributed by atoms with E-state index in [1.165, 1.54) is 0 Å². The van der Waals surface area contributed by atoms with Gasteiger partial charge in [0.05, 0.1) is 11.9 Å². The van der Waals surface area contributed by atoms with E-state index in [-0.39, 0.29) is 4.77 Å². The molecular weight excluding hydrogens is 213 g/mol. The van der Waals surface area contributed by atoms with Gasteiger partial charge in [0.25, 0.3) is 0 Å². The number of hydrogen-bond donors (Lipinski definition) is 1. The third kappa shape index (κ3) is 2.07. The quantitative estimate of drug-likeness (QED) is 0.753. The van der Waals surface area contributed by atoms with E-state index in [0.717, 1.165) is 11.8 Å². The minimum absolute atomic E-state index is 0.257. The van der Waals surface area contributed by atoms with Crippen molar-refractivity contribution < 1.29 is 4.39 Å². The van der Waals surface area contributed by atoms with E-state index in [2.05, 4.69) is 15.0 Å². The Bertz CT molecular complexity index is 550. The van der Waals surface area contributed by atoms with Gasteiger partial charge in [-0.2, -0.15) is 0 Å². The van der Waals surface area contributed by atoms with Crippen LogP contribution in [0.15, 0.2) is 24.7 Å². The van der Waals surface area contributed by atoms with E-state index < -0.39 is 5.82 Å². The molecule has 0 saturated carbocycles. The van der Waals surface area contributed by atoms with Crippen molar-refractivity contribution in [3.05, 3.63) is 40.8 Å². The molecule has 2 rings (SSSR count). The molecule has 0 aliphatic rings. The molecule has 3 nitrogen and oxygen atoms in total. The van der Waals surface area contributed by atoms with Crippen LogP contribution in [0.1, 0.15) is 5.56 Å². The van der Waals surface area contributed by atoms with Crippen LogP contribution < -0.4 is 0 Å². The van der Waals surface area contributed by atoms with Crippen molar-refractivity contribution in [3.63, 3.8) is 0 Å². The monoisotopic (exact) mass is 221 g/mol. The molecule has 0 spiro atoms. The van der Waals surface area contributed by atoms with Crippen molar-refractivity contribution in [2.75, 3.05) is 0 Å². The third-order valence-electron chi connectivity index (χ3n) is 1.93. The van der Waals surface area contributed by atoms with Crippen LogP contribution in [0.4, 0.5) is 4.39 Å². The van der Waals surface area contributed by atoms with Gasteiger partial charge in [-0.25, -0.2) is 9.37 Å². The van der Waals surface area contributed by atoms with Gasteiger partial charge in [0.1, 0.15) is 0 Å². The maximum absolute atomic E-state index is 13.4. The average molecular weight is 221 g/mol. The summed E-state index contributed by atoms with van der Waals surface area (Å²) in [6.07, 6.45) is 4.39. The van der Waals surface area contributed by atoms with Gasteiger partial charge in [-0.05, 0) is 30.8 Å². The highest BCUT2D eigenvalue weighted by Crippen LogP contribution is 2.19. The summed E-state index contributed by atoms with van der Waals surface area (Å²) in [6, 6.07) is 1.83. The summed E-state index contributed by atoms with van der Waals surface area (Å²) >= 11 is 4.84. The smallest absolute Gasteiger partial charge is 0.197 e. The molecule has 0 aliphatic carbocycles. The Morgan fingerprint density at radius 2 is 2.13 bits per heavy atom. The summed E-state index contributed by atoms with van der Waals surface area (Å²) in [6.45, 7) is 1.89. The Balaban J connectivity index is 2.63. The predicted octanol–water partition coefficient (Wildman–Crippen LogP) is 2.65. The van der Waals surface area contributed by atoms with Gasteiger partial charge < -0.3 is 4.98 Å². The number of nitrogens with one attached hydrogen (secondary N) is 1. The molecule has 0 aliphatic heterocycles. The van der Waals surface area contributed by atoms with E-state index >= 15 is 0 Å². The van der Waals surface area contributed by atoms with E-state index in [0.29, 0.717) is 11.3 Å². The SMILES string of the molecule is Cc1cncc(-c2[nH]c(=S)ncc2F)c1. The van der Waals surface area contributed by atoms with Gasteiger partial charge in [0.2, 0.25) is 0 Å². The number of aromatic amines is 1. The number of pyridine rings is 1. The lowest BCUT2D eigenvalue weighted by Crippen LogP contribution is -1.93. The number of aromatic nitrogens is 3. The molecule has 0 aromatic carbocycles. The number of rotatable bonds is 1. The second-order valence-electron chi connectivity index (χ2n) is 3.16. The third-order valence-corrected chi connectivity index (χ3v) is 2.14. The van der Waals surface area contributed by atoms with Crippen molar-refractivity contribution in [1.82, 2.24) is 15.0 Å². The van der Waals surface area contributed by atoms with Gasteiger partial charge in [0, 0.05) is 18.0 Å². The molecule has 0 atom stereocenters. The zero-order chi connectivity index (χ0) is 10.8. The summed E-state index contributed by atoms with van der Waals surface area (Å²) in [5.41, 5.74) is 1.95. The average Bonchev–Trinajstić information content (AvgIpc) is 2.22. The van der Waals surface area contributed by atoms with Crippen LogP contribution >= 0.6 is 12.2 Å². The minimum atomic E-state index is -0.434. The summed E-state index contributed by atoms with van der Waals surface area (Å²) in [4.78, 5) is 10.3. The molecule has 2 aromatic heterocycles. The molecule has 0 unspecified atom stereocenters. The summed E-state index contributed by atoms with van der Waals surface area (Å²) in [7, 11) is 0. The maximum Gasteiger partial charge on any atom is 0.197 e. The van der Waals surface area contributed by atoms with Crippen LogP contribution in [0, 0.1) is 17.5 Å². The number of halogens is 1. The molecule has 15 heavy (non-hydrogen) atoms. The molecule has 0 amide bonds. The van der Waals surface area contributed by atoms with Crippen molar-refractivity contribution in [2.45, 2.75) is 6.92 Å². The Morgan fingerprint density at radius 1 is 1.33 bits per heavy atom. The fraction of sp³-hybridized carbons (Fsp3) is 0.100. The standard InChI is InChI=1S/C10H8FN3S/c1-6-2-7(4-12-3-6)9-8(11)5-13-10(15)14-9/h2-5H,1H3,(H,13,14,15). The van der Waals surface area contributed by atoms with Gasteiger partial charge >= 0.3 is 0 Å². The first-order chi connectivity index (χ1) is 7.16. The van der Waals surface area contributed by atoms with E-state index in [4.69, 9.17) is 12.2 Å². The van der Waals surface area contributed by atoms with Crippen LogP contribution in [0.2, 0.25) is 0 Å². The van der Waals surface area contributed by atoms with Gasteiger partial charge in [-0.15, -0.1) is 0 Å². The van der Waals surface area contributed by atoms with E-state index in [9.17, 15) is 4.39 Å². The first-order valence-electron chi connectivity index (χ1n) is 4.33. The molecule has 0 radical (unpaired) electrons. The van der Waals surface area contributed by atoms with Gasteiger partial charge in [-0.3, -0.25) is 4.98 Å². The molecule has 1 N–H and O–H groups in total. The molecular formula is C10H8FN3S. The molecule has 2 heterocycles. The lowest BCUT2D eigenvalue weighted by Gasteiger charge is -2.03. The number of aryl methyl sites for hydroxylation is 1. The minimum Gasteiger partial charge on any atom is -0.328 e. The largest absolute Gasteiger partial charge is 0.328 e. The first kappa shape index (κ1) is 9.92. The van der Waals surface area contributed by atoms with Crippen LogP contribution in [-0.2, 0) is 0 Å². The topological polar surface area (TPSA) is 41.6 Å². The van der Waals surface area contributed by atoms with Crippen LogP contribution in [0.5, 0.6) is 0 Å². The van der Waals surface area contributed by atoms with Crippen molar-refractivity contribution >= 4 is 12.2 Å². The Hall–Kier alpha value is -1.62. The highest BCUT2D eigenvalue weighted by atomic mass is 32.1. The fourth-order valence-electron chi connectivity index (χ4n) is 1.28. The van der Waals surface area contributed by atoms with E-state index in [1.807, 2.05) is 13.0 Å². The van der Waals surface area contributed by atoms with E-state index in [1.54, 1.807) is 12.4 Å². The van der Waals surface area contributed by atoms with Crippen molar-refractivity contribution in [1.29, 1.82) is 0 Å². The van der Waals surface area contributed by atoms with Gasteiger partial charge in [-0.1, -0.05) is 0 Å². The molecule has 2 aromatic rings. The van der Waals surface area contributed by atoms with Crippen LogP contribution in [-0.4, -0.2) is 15.0 Å². The highest BCUT2D eigenvalue weighted by Gasteiger charge is 2.05. The Morgan fingerprint density at radius 3 is 2.87 bits per heavy atom. The molecule has 0 fully saturated rings. The summed E-state index contributed by atoms with van der Waals surface area (Å²) < 4.78 is 13.7. The number of hydrogen-bond acceptors (Lipinski definition) is 3. The zero-order valence-electron chi connectivity index (χ0n) is 7.99. The first-order valence-corrected chi connectivity index (χ1v) is 4.74. The number of nitrogens with zero attached hydrogens (tertiary/aromatic N) is 2. The second-order valence-corrected chi connectivity index (χ2v) is 3.55. The second kappa shape index (κ2) is 3.86. The normalized spacial score (nSPS) is 10.3. The molecule has 0 bridgehead atoms. The van der Waals surface area contributed by atoms with Crippen LogP contribution in [0.25, 0.3) is 11.3 Å². The fourth-order valence-corrected chi connectivity index (χ4v) is 1.44. The van der Waals surface area contributed by atoms with Crippen molar-refractivity contribution in [2.24, 2.45) is 0 Å². The lowest BCUT2D eigenvalue weighted by molar-refractivity contribution is 0.617. The van der Waals surface area contributed by atoms with Gasteiger partial charge in [0.15, 0.2) is 10.6 Å². The molecule has 76 valence electrons. The van der Waals surface area contributed by atoms with Crippen LogP contribution in [0.3, 0.4) is 0 Å². The summed E-state index contributed by atoms with van der Waals surface area (Å²) in [5.74, 6) is -0.434. The Labute approximate surface area is 91.0 Å². The lowest BCUT2D eigenvalue weighted by atomic mass is 10.1. The Kier molecular flexibility index (Phi) is 2.55. The maximum atomic E-state index is 13.4. The number of H-pyrrole nitrogens is 1. The highest BCUT2D eigenvalue weighted by molar-refractivity contribution is 7.71. The summed E-state index contributed by atoms with van der Waals surface area (Å²) in [5, 5.41) is 0. The predicted molar refractivity (Wildman–Crippen MR) is 57.3 cm³/mol. The molecule has 5 heteroatoms.